The number of benzene rings is 2. The molecule has 0 bridgehead atoms. The van der Waals surface area contributed by atoms with Crippen LogP contribution in [0.3, 0.4) is 0 Å². The first-order chi connectivity index (χ1) is 13.0. The van der Waals surface area contributed by atoms with E-state index in [1.165, 1.54) is 6.33 Å². The van der Waals surface area contributed by atoms with Gasteiger partial charge in [-0.1, -0.05) is 47.5 Å². The molecule has 2 aromatic carbocycles. The van der Waals surface area contributed by atoms with E-state index in [0.29, 0.717) is 46.9 Å². The largest absolute Gasteiger partial charge is 0.341 e. The van der Waals surface area contributed by atoms with Crippen molar-refractivity contribution >= 4 is 40.0 Å². The van der Waals surface area contributed by atoms with Gasteiger partial charge in [0, 0.05) is 26.6 Å². The summed E-state index contributed by atoms with van der Waals surface area (Å²) >= 11 is 12.2. The van der Waals surface area contributed by atoms with E-state index < -0.39 is 0 Å². The molecule has 1 amide bonds. The Morgan fingerprint density at radius 2 is 1.93 bits per heavy atom. The van der Waals surface area contributed by atoms with E-state index >= 15 is 0 Å². The number of hydrogen-bond acceptors (Lipinski definition) is 3. The summed E-state index contributed by atoms with van der Waals surface area (Å²) in [4.78, 5) is 30.7. The van der Waals surface area contributed by atoms with E-state index in [0.717, 1.165) is 5.56 Å². The maximum absolute atomic E-state index is 12.4. The van der Waals surface area contributed by atoms with Gasteiger partial charge in [0.2, 0.25) is 5.91 Å². The molecule has 1 aromatic heterocycles. The normalized spacial score (nSPS) is 10.9. The van der Waals surface area contributed by atoms with Crippen molar-refractivity contribution < 1.29 is 4.79 Å². The number of aryl methyl sites for hydroxylation is 1. The van der Waals surface area contributed by atoms with Crippen molar-refractivity contribution in [1.29, 1.82) is 0 Å². The van der Waals surface area contributed by atoms with Crippen LogP contribution in [-0.2, 0) is 17.9 Å². The Hall–Kier alpha value is -2.37. The molecule has 5 nitrogen and oxygen atoms in total. The number of carbonyl (C=O) groups is 1. The van der Waals surface area contributed by atoms with Crippen LogP contribution in [0.4, 0.5) is 0 Å². The van der Waals surface area contributed by atoms with Gasteiger partial charge in [0.25, 0.3) is 5.56 Å². The monoisotopic (exact) mass is 403 g/mol. The Bertz CT molecular complexity index is 1030. The highest BCUT2D eigenvalue weighted by Gasteiger charge is 2.13. The van der Waals surface area contributed by atoms with Gasteiger partial charge in [-0.2, -0.15) is 0 Å². The Labute approximate surface area is 167 Å². The summed E-state index contributed by atoms with van der Waals surface area (Å²) in [5.74, 6) is -0.0205. The number of fused-ring (bicyclic) bond motifs is 1. The molecule has 0 radical (unpaired) electrons. The molecule has 0 saturated heterocycles. The first-order valence-electron chi connectivity index (χ1n) is 8.58. The Kier molecular flexibility index (Phi) is 6.14. The third kappa shape index (κ3) is 4.49. The Morgan fingerprint density at radius 3 is 2.74 bits per heavy atom. The summed E-state index contributed by atoms with van der Waals surface area (Å²) in [5, 5.41) is 1.52. The van der Waals surface area contributed by atoms with Crippen molar-refractivity contribution in [3.8, 4) is 0 Å². The average Bonchev–Trinajstić information content (AvgIpc) is 2.67. The van der Waals surface area contributed by atoms with Crippen LogP contribution in [0.25, 0.3) is 10.9 Å². The maximum Gasteiger partial charge on any atom is 0.261 e. The van der Waals surface area contributed by atoms with E-state index in [1.807, 2.05) is 18.2 Å². The lowest BCUT2D eigenvalue weighted by Gasteiger charge is -2.18. The minimum atomic E-state index is -0.0906. The lowest BCUT2D eigenvalue weighted by atomic mass is 10.2. The summed E-state index contributed by atoms with van der Waals surface area (Å²) in [7, 11) is 1.73. The molecule has 27 heavy (non-hydrogen) atoms. The first kappa shape index (κ1) is 19.4. The third-order valence-corrected chi connectivity index (χ3v) is 5.24. The minimum Gasteiger partial charge on any atom is -0.341 e. The van der Waals surface area contributed by atoms with E-state index in [1.54, 1.807) is 40.8 Å². The summed E-state index contributed by atoms with van der Waals surface area (Å²) < 4.78 is 1.55. The lowest BCUT2D eigenvalue weighted by Crippen LogP contribution is -2.27. The fraction of sp³-hybridized carbons (Fsp3) is 0.250. The zero-order valence-corrected chi connectivity index (χ0v) is 16.4. The number of amides is 1. The molecule has 0 spiro atoms. The maximum atomic E-state index is 12.4. The van der Waals surface area contributed by atoms with Crippen molar-refractivity contribution in [3.05, 3.63) is 74.8 Å². The summed E-state index contributed by atoms with van der Waals surface area (Å²) in [6.07, 6.45) is 2.41. The fourth-order valence-corrected chi connectivity index (χ4v) is 3.25. The number of rotatable bonds is 6. The van der Waals surface area contributed by atoms with Gasteiger partial charge in [0.05, 0.1) is 27.3 Å². The molecule has 0 unspecified atom stereocenters. The van der Waals surface area contributed by atoms with Crippen molar-refractivity contribution in [2.24, 2.45) is 0 Å². The lowest BCUT2D eigenvalue weighted by molar-refractivity contribution is -0.130. The Morgan fingerprint density at radius 1 is 1.15 bits per heavy atom. The molecular formula is C20H19Cl2N3O2. The number of hydrogen-bond donors (Lipinski definition) is 0. The van der Waals surface area contributed by atoms with Crippen LogP contribution in [0, 0.1) is 0 Å². The van der Waals surface area contributed by atoms with Crippen LogP contribution in [-0.4, -0.2) is 27.4 Å². The van der Waals surface area contributed by atoms with Gasteiger partial charge in [-0.3, -0.25) is 14.2 Å². The fourth-order valence-electron chi connectivity index (χ4n) is 2.87. The van der Waals surface area contributed by atoms with Gasteiger partial charge >= 0.3 is 0 Å². The van der Waals surface area contributed by atoms with E-state index in [9.17, 15) is 9.59 Å². The molecule has 0 aliphatic carbocycles. The molecule has 3 rings (SSSR count). The van der Waals surface area contributed by atoms with E-state index in [2.05, 4.69) is 4.98 Å². The first-order valence-corrected chi connectivity index (χ1v) is 9.34. The molecule has 0 N–H and O–H groups in total. The second kappa shape index (κ2) is 8.55. The van der Waals surface area contributed by atoms with Crippen LogP contribution in [0.15, 0.2) is 53.6 Å². The number of carbonyl (C=O) groups excluding carboxylic acids is 1. The molecule has 0 saturated carbocycles. The van der Waals surface area contributed by atoms with Crippen LogP contribution in [0.1, 0.15) is 18.4 Å². The summed E-state index contributed by atoms with van der Waals surface area (Å²) in [5.41, 5.74) is 1.38. The molecule has 1 heterocycles. The van der Waals surface area contributed by atoms with Crippen LogP contribution < -0.4 is 5.56 Å². The predicted octanol–water partition coefficient (Wildman–Crippen LogP) is 4.14. The second-order valence-electron chi connectivity index (χ2n) is 6.33. The quantitative estimate of drug-likeness (QED) is 0.621. The third-order valence-electron chi connectivity index (χ3n) is 4.39. The van der Waals surface area contributed by atoms with Crippen molar-refractivity contribution in [2.45, 2.75) is 25.9 Å². The standard InChI is InChI=1S/C20H19Cl2N3O2/c1-24(12-14-6-4-8-16(21)19(14)22)18(26)10-5-11-25-13-23-17-9-3-2-7-15(17)20(25)27/h2-4,6-9,13H,5,10-12H2,1H3. The summed E-state index contributed by atoms with van der Waals surface area (Å²) in [6, 6.07) is 12.6. The Balaban J connectivity index is 1.58. The van der Waals surface area contributed by atoms with Gasteiger partial charge in [-0.25, -0.2) is 4.98 Å². The van der Waals surface area contributed by atoms with Gasteiger partial charge in [-0.05, 0) is 30.2 Å². The van der Waals surface area contributed by atoms with Crippen LogP contribution in [0.2, 0.25) is 10.0 Å². The van der Waals surface area contributed by atoms with Crippen molar-refractivity contribution in [1.82, 2.24) is 14.5 Å². The summed E-state index contributed by atoms with van der Waals surface area (Å²) in [6.45, 7) is 0.823. The number of halogens is 2. The zero-order chi connectivity index (χ0) is 19.4. The predicted molar refractivity (Wildman–Crippen MR) is 108 cm³/mol. The topological polar surface area (TPSA) is 55.2 Å². The average molecular weight is 404 g/mol. The molecule has 140 valence electrons. The van der Waals surface area contributed by atoms with E-state index in [4.69, 9.17) is 23.2 Å². The van der Waals surface area contributed by atoms with Gasteiger partial charge in [-0.15, -0.1) is 0 Å². The highest BCUT2D eigenvalue weighted by molar-refractivity contribution is 6.42. The molecule has 0 atom stereocenters. The zero-order valence-electron chi connectivity index (χ0n) is 14.9. The minimum absolute atomic E-state index is 0.0205. The molecule has 0 aliphatic heterocycles. The highest BCUT2D eigenvalue weighted by Crippen LogP contribution is 2.26. The van der Waals surface area contributed by atoms with Crippen molar-refractivity contribution in [3.63, 3.8) is 0 Å². The molecular weight excluding hydrogens is 385 g/mol. The SMILES string of the molecule is CN(Cc1cccc(Cl)c1Cl)C(=O)CCCn1cnc2ccccc2c1=O. The smallest absolute Gasteiger partial charge is 0.261 e. The number of nitrogens with zero attached hydrogens (tertiary/aromatic N) is 3. The van der Waals surface area contributed by atoms with Crippen LogP contribution >= 0.6 is 23.2 Å². The number of aromatic nitrogens is 2. The molecule has 3 aromatic rings. The van der Waals surface area contributed by atoms with Gasteiger partial charge < -0.3 is 4.90 Å². The van der Waals surface area contributed by atoms with Gasteiger partial charge in [0.15, 0.2) is 0 Å². The highest BCUT2D eigenvalue weighted by atomic mass is 35.5. The van der Waals surface area contributed by atoms with E-state index in [-0.39, 0.29) is 11.5 Å². The van der Waals surface area contributed by atoms with Crippen LogP contribution in [0.5, 0.6) is 0 Å². The second-order valence-corrected chi connectivity index (χ2v) is 7.11. The van der Waals surface area contributed by atoms with Gasteiger partial charge in [0.1, 0.15) is 0 Å². The molecule has 0 fully saturated rings. The molecule has 7 heteroatoms. The number of para-hydroxylation sites is 1. The van der Waals surface area contributed by atoms with Crippen molar-refractivity contribution in [2.75, 3.05) is 7.05 Å². The molecule has 0 aliphatic rings.